The topological polar surface area (TPSA) is 73.9 Å². The van der Waals surface area contributed by atoms with Crippen molar-refractivity contribution in [2.75, 3.05) is 0 Å². The van der Waals surface area contributed by atoms with E-state index < -0.39 is 34.3 Å². The van der Waals surface area contributed by atoms with Crippen molar-refractivity contribution in [1.82, 2.24) is 0 Å². The summed E-state index contributed by atoms with van der Waals surface area (Å²) < 4.78 is 32.7. The van der Waals surface area contributed by atoms with Crippen LogP contribution in [0.4, 0.5) is 8.78 Å². The lowest BCUT2D eigenvalue weighted by molar-refractivity contribution is 0.00684. The third-order valence-corrected chi connectivity index (χ3v) is 2.24. The second-order valence-corrected chi connectivity index (χ2v) is 5.14. The Kier molecular flexibility index (Phi) is 4.78. The number of carbonyl (C=O) groups excluding carboxylic acids is 1. The highest BCUT2D eigenvalue weighted by molar-refractivity contribution is 5.90. The van der Waals surface area contributed by atoms with Gasteiger partial charge >= 0.3 is 5.97 Å². The summed E-state index contributed by atoms with van der Waals surface area (Å²) in [6.07, 6.45) is 0.781. The van der Waals surface area contributed by atoms with E-state index in [4.69, 9.17) is 15.3 Å². The zero-order chi connectivity index (χ0) is 16.2. The van der Waals surface area contributed by atoms with Gasteiger partial charge in [0.2, 0.25) is 0 Å². The van der Waals surface area contributed by atoms with Crippen LogP contribution in [0.3, 0.4) is 0 Å². The van der Waals surface area contributed by atoms with Gasteiger partial charge < -0.3 is 4.74 Å². The second-order valence-electron chi connectivity index (χ2n) is 5.14. The molecule has 1 aromatic rings. The highest BCUT2D eigenvalue weighted by atomic mass is 19.1. The molecule has 4 nitrogen and oxygen atoms in total. The van der Waals surface area contributed by atoms with E-state index in [9.17, 15) is 13.6 Å². The third-order valence-electron chi connectivity index (χ3n) is 2.24. The summed E-state index contributed by atoms with van der Waals surface area (Å²) in [6.45, 7) is 4.88. The van der Waals surface area contributed by atoms with E-state index in [1.165, 1.54) is 12.1 Å². The van der Waals surface area contributed by atoms with E-state index in [2.05, 4.69) is 0 Å². The molecule has 0 atom stereocenters. The minimum Gasteiger partial charge on any atom is -0.456 e. The predicted molar refractivity (Wildman–Crippen MR) is 70.7 cm³/mol. The van der Waals surface area contributed by atoms with E-state index in [-0.39, 0.29) is 5.56 Å². The lowest BCUT2D eigenvalue weighted by atomic mass is 10.1. The molecule has 0 aliphatic carbocycles. The molecule has 0 N–H and O–H groups in total. The van der Waals surface area contributed by atoms with Crippen LogP contribution in [-0.4, -0.2) is 11.6 Å². The minimum atomic E-state index is -1.06. The van der Waals surface area contributed by atoms with Crippen molar-refractivity contribution in [1.29, 1.82) is 10.5 Å². The monoisotopic (exact) mass is 290 g/mol. The maximum atomic E-state index is 13.8. The summed E-state index contributed by atoms with van der Waals surface area (Å²) in [4.78, 5) is 11.7. The predicted octanol–water partition coefficient (Wildman–Crippen LogP) is 3.35. The summed E-state index contributed by atoms with van der Waals surface area (Å²) in [6, 6.07) is 4.60. The van der Waals surface area contributed by atoms with Gasteiger partial charge in [-0.05, 0) is 39.0 Å². The second kappa shape index (κ2) is 6.15. The summed E-state index contributed by atoms with van der Waals surface area (Å²) in [5, 5.41) is 17.2. The zero-order valence-electron chi connectivity index (χ0n) is 11.7. The van der Waals surface area contributed by atoms with Gasteiger partial charge in [0.15, 0.2) is 0 Å². The third kappa shape index (κ3) is 4.39. The van der Waals surface area contributed by atoms with Crippen molar-refractivity contribution in [3.05, 3.63) is 40.5 Å². The number of hydrogen-bond acceptors (Lipinski definition) is 4. The molecule has 1 rings (SSSR count). The lowest BCUT2D eigenvalue weighted by Gasteiger charge is -2.19. The fourth-order valence-corrected chi connectivity index (χ4v) is 1.41. The van der Waals surface area contributed by atoms with Crippen LogP contribution in [0.25, 0.3) is 6.08 Å². The number of nitrogens with zero attached hydrogens (tertiary/aromatic N) is 2. The summed E-state index contributed by atoms with van der Waals surface area (Å²) in [5.41, 5.74) is -2.08. The molecular weight excluding hydrogens is 278 g/mol. The Hall–Kier alpha value is -2.73. The standard InChI is InChI=1S/C15H12F2N2O2/c1-15(2,3)21-14(20)10-5-12(16)11(13(17)6-10)4-9(7-18)8-19/h4-6H,1-3H3. The van der Waals surface area contributed by atoms with Gasteiger partial charge in [0.1, 0.15) is 34.9 Å². The highest BCUT2D eigenvalue weighted by Gasteiger charge is 2.20. The van der Waals surface area contributed by atoms with Crippen LogP contribution in [0.15, 0.2) is 17.7 Å². The van der Waals surface area contributed by atoms with Crippen molar-refractivity contribution >= 4 is 12.0 Å². The number of ether oxygens (including phenoxy) is 1. The molecule has 0 aliphatic rings. The molecule has 0 saturated heterocycles. The first-order chi connectivity index (χ1) is 9.67. The highest BCUT2D eigenvalue weighted by Crippen LogP contribution is 2.20. The Labute approximate surface area is 120 Å². The lowest BCUT2D eigenvalue weighted by Crippen LogP contribution is -2.24. The molecule has 1 aromatic carbocycles. The first kappa shape index (κ1) is 16.3. The van der Waals surface area contributed by atoms with Crippen LogP contribution in [0.2, 0.25) is 0 Å². The van der Waals surface area contributed by atoms with Crippen molar-refractivity contribution < 1.29 is 18.3 Å². The number of rotatable bonds is 2. The van der Waals surface area contributed by atoms with Crippen molar-refractivity contribution in [3.63, 3.8) is 0 Å². The molecule has 0 heterocycles. The Morgan fingerprint density at radius 1 is 1.19 bits per heavy atom. The Morgan fingerprint density at radius 3 is 2.05 bits per heavy atom. The fraction of sp³-hybridized carbons (Fsp3) is 0.267. The molecule has 0 unspecified atom stereocenters. The van der Waals surface area contributed by atoms with Gasteiger partial charge in [-0.25, -0.2) is 13.6 Å². The molecule has 21 heavy (non-hydrogen) atoms. The Balaban J connectivity index is 3.24. The van der Waals surface area contributed by atoms with Crippen LogP contribution < -0.4 is 0 Å². The van der Waals surface area contributed by atoms with Gasteiger partial charge in [-0.15, -0.1) is 0 Å². The molecular formula is C15H12F2N2O2. The number of nitriles is 2. The van der Waals surface area contributed by atoms with E-state index in [0.29, 0.717) is 0 Å². The summed E-state index contributed by atoms with van der Waals surface area (Å²) in [5.74, 6) is -2.98. The average Bonchev–Trinajstić information content (AvgIpc) is 2.36. The van der Waals surface area contributed by atoms with Crippen LogP contribution >= 0.6 is 0 Å². The van der Waals surface area contributed by atoms with Gasteiger partial charge in [-0.2, -0.15) is 10.5 Å². The number of carbonyl (C=O) groups is 1. The molecule has 0 saturated carbocycles. The zero-order valence-corrected chi connectivity index (χ0v) is 11.7. The number of benzene rings is 1. The van der Waals surface area contributed by atoms with Crippen LogP contribution in [-0.2, 0) is 4.74 Å². The van der Waals surface area contributed by atoms with Gasteiger partial charge in [-0.1, -0.05) is 0 Å². The molecule has 0 bridgehead atoms. The maximum absolute atomic E-state index is 13.8. The number of halogens is 2. The van der Waals surface area contributed by atoms with E-state index in [1.807, 2.05) is 0 Å². The van der Waals surface area contributed by atoms with Gasteiger partial charge in [0.05, 0.1) is 5.56 Å². The van der Waals surface area contributed by atoms with Gasteiger partial charge in [0, 0.05) is 5.56 Å². The molecule has 0 spiro atoms. The molecule has 0 amide bonds. The first-order valence-electron chi connectivity index (χ1n) is 5.92. The van der Waals surface area contributed by atoms with E-state index in [0.717, 1.165) is 18.2 Å². The van der Waals surface area contributed by atoms with E-state index >= 15 is 0 Å². The minimum absolute atomic E-state index is 0.285. The molecule has 108 valence electrons. The van der Waals surface area contributed by atoms with Crippen molar-refractivity contribution in [3.8, 4) is 12.1 Å². The number of allylic oxidation sites excluding steroid dienone is 1. The van der Waals surface area contributed by atoms with Crippen LogP contribution in [0, 0.1) is 34.3 Å². The largest absolute Gasteiger partial charge is 0.456 e. The normalized spacial score (nSPS) is 10.2. The van der Waals surface area contributed by atoms with Crippen molar-refractivity contribution in [2.45, 2.75) is 26.4 Å². The quantitative estimate of drug-likeness (QED) is 0.618. The molecule has 0 radical (unpaired) electrons. The maximum Gasteiger partial charge on any atom is 0.338 e. The number of hydrogen-bond donors (Lipinski definition) is 0. The molecule has 0 fully saturated rings. The van der Waals surface area contributed by atoms with E-state index in [1.54, 1.807) is 20.8 Å². The van der Waals surface area contributed by atoms with Crippen LogP contribution in [0.1, 0.15) is 36.7 Å². The molecule has 0 aromatic heterocycles. The van der Waals surface area contributed by atoms with Crippen molar-refractivity contribution in [2.24, 2.45) is 0 Å². The fourth-order valence-electron chi connectivity index (χ4n) is 1.41. The first-order valence-corrected chi connectivity index (χ1v) is 5.92. The smallest absolute Gasteiger partial charge is 0.338 e. The average molecular weight is 290 g/mol. The number of esters is 1. The SMILES string of the molecule is CC(C)(C)OC(=O)c1cc(F)c(C=C(C#N)C#N)c(F)c1. The Bertz CT molecular complexity index is 650. The van der Waals surface area contributed by atoms with Gasteiger partial charge in [-0.3, -0.25) is 0 Å². The molecule has 6 heteroatoms. The Morgan fingerprint density at radius 2 is 1.67 bits per heavy atom. The molecule has 0 aliphatic heterocycles. The summed E-state index contributed by atoms with van der Waals surface area (Å²) >= 11 is 0. The summed E-state index contributed by atoms with van der Waals surface area (Å²) in [7, 11) is 0. The van der Waals surface area contributed by atoms with Crippen LogP contribution in [0.5, 0.6) is 0 Å². The van der Waals surface area contributed by atoms with Gasteiger partial charge in [0.25, 0.3) is 0 Å².